The van der Waals surface area contributed by atoms with E-state index in [-0.39, 0.29) is 28.5 Å². The number of nitrogens with zero attached hydrogens (tertiary/aromatic N) is 3. The zero-order chi connectivity index (χ0) is 20.0. The van der Waals surface area contributed by atoms with Gasteiger partial charge in [-0.3, -0.25) is 18.7 Å². The van der Waals surface area contributed by atoms with E-state index in [1.165, 1.54) is 23.9 Å². The number of carbonyl (C=O) groups is 1. The van der Waals surface area contributed by atoms with Crippen molar-refractivity contribution in [3.05, 3.63) is 68.0 Å². The number of fused-ring (bicyclic) bond motifs is 2. The van der Waals surface area contributed by atoms with Gasteiger partial charge in [0.05, 0.1) is 17.0 Å². The quantitative estimate of drug-likeness (QED) is 0.646. The fourth-order valence-electron chi connectivity index (χ4n) is 3.82. The Hall–Kier alpha value is -3.42. The highest BCUT2D eigenvalue weighted by molar-refractivity contribution is 5.97. The fraction of sp³-hybridized carbons (Fsp3) is 0.300. The molecule has 28 heavy (non-hydrogen) atoms. The van der Waals surface area contributed by atoms with E-state index >= 15 is 0 Å². The average Bonchev–Trinajstić information content (AvgIpc) is 2.70. The Bertz CT molecular complexity index is 1220. The lowest BCUT2D eigenvalue weighted by atomic mass is 9.87. The Morgan fingerprint density at radius 1 is 1.21 bits per heavy atom. The Morgan fingerprint density at radius 2 is 2.00 bits per heavy atom. The van der Waals surface area contributed by atoms with Crippen LogP contribution in [0.25, 0.3) is 11.0 Å². The Morgan fingerprint density at radius 3 is 2.79 bits per heavy atom. The summed E-state index contributed by atoms with van der Waals surface area (Å²) in [7, 11) is 2.95. The Labute approximate surface area is 160 Å². The van der Waals surface area contributed by atoms with Crippen LogP contribution >= 0.6 is 0 Å². The second-order valence-electron chi connectivity index (χ2n) is 7.18. The summed E-state index contributed by atoms with van der Waals surface area (Å²) in [6.45, 7) is 0. The Balaban J connectivity index is 1.69. The van der Waals surface area contributed by atoms with E-state index in [0.717, 1.165) is 35.0 Å². The summed E-state index contributed by atoms with van der Waals surface area (Å²) >= 11 is 0. The molecule has 0 radical (unpaired) electrons. The van der Waals surface area contributed by atoms with Crippen LogP contribution in [0.5, 0.6) is 0 Å². The largest absolute Gasteiger partial charge is 0.399 e. The first kappa shape index (κ1) is 18.0. The van der Waals surface area contributed by atoms with Gasteiger partial charge in [-0.05, 0) is 48.6 Å². The van der Waals surface area contributed by atoms with Crippen molar-refractivity contribution in [2.75, 3.05) is 5.73 Å². The number of rotatable bonds is 2. The van der Waals surface area contributed by atoms with Gasteiger partial charge in [0.1, 0.15) is 5.65 Å². The molecule has 0 saturated heterocycles. The highest BCUT2D eigenvalue weighted by atomic mass is 16.2. The number of benzene rings is 1. The second kappa shape index (κ2) is 6.63. The molecule has 3 aromatic rings. The van der Waals surface area contributed by atoms with Crippen LogP contribution in [-0.2, 0) is 20.5 Å². The molecule has 0 spiro atoms. The summed E-state index contributed by atoms with van der Waals surface area (Å²) in [5.74, 6) is -0.306. The van der Waals surface area contributed by atoms with E-state index in [1.807, 2.05) is 18.2 Å². The maximum absolute atomic E-state index is 12.8. The minimum absolute atomic E-state index is 0.115. The number of anilines is 1. The van der Waals surface area contributed by atoms with Crippen LogP contribution in [0, 0.1) is 0 Å². The van der Waals surface area contributed by atoms with Crippen molar-refractivity contribution < 1.29 is 4.79 Å². The molecule has 1 unspecified atom stereocenters. The summed E-state index contributed by atoms with van der Waals surface area (Å²) < 4.78 is 2.30. The first-order valence-corrected chi connectivity index (χ1v) is 9.11. The van der Waals surface area contributed by atoms with Gasteiger partial charge < -0.3 is 11.1 Å². The third-order valence-corrected chi connectivity index (χ3v) is 5.34. The molecule has 0 bridgehead atoms. The molecule has 8 nitrogen and oxygen atoms in total. The molecule has 144 valence electrons. The number of nitrogens with one attached hydrogen (secondary N) is 1. The van der Waals surface area contributed by atoms with Crippen molar-refractivity contribution in [3.8, 4) is 0 Å². The lowest BCUT2D eigenvalue weighted by Crippen LogP contribution is -2.37. The van der Waals surface area contributed by atoms with Gasteiger partial charge in [0.15, 0.2) is 0 Å². The lowest BCUT2D eigenvalue weighted by molar-refractivity contribution is 0.0932. The smallest absolute Gasteiger partial charge is 0.332 e. The number of pyridine rings is 1. The van der Waals surface area contributed by atoms with Gasteiger partial charge in [-0.15, -0.1) is 0 Å². The number of carbonyl (C=O) groups excluding carboxylic acids is 1. The number of nitrogens with two attached hydrogens (primary N) is 1. The predicted octanol–water partition coefficient (Wildman–Crippen LogP) is 1.02. The number of amides is 1. The van der Waals surface area contributed by atoms with Crippen LogP contribution in [0.4, 0.5) is 5.69 Å². The molecule has 4 rings (SSSR count). The highest BCUT2D eigenvalue weighted by Crippen LogP contribution is 2.31. The van der Waals surface area contributed by atoms with Crippen LogP contribution in [0.15, 0.2) is 40.1 Å². The zero-order valence-corrected chi connectivity index (χ0v) is 15.7. The van der Waals surface area contributed by atoms with Crippen LogP contribution in [0.3, 0.4) is 0 Å². The summed E-state index contributed by atoms with van der Waals surface area (Å²) in [6.07, 6.45) is 4.12. The molecule has 1 aromatic carbocycles. The van der Waals surface area contributed by atoms with Crippen molar-refractivity contribution in [1.29, 1.82) is 0 Å². The fourth-order valence-corrected chi connectivity index (χ4v) is 3.82. The van der Waals surface area contributed by atoms with Crippen molar-refractivity contribution in [1.82, 2.24) is 19.4 Å². The van der Waals surface area contributed by atoms with E-state index in [9.17, 15) is 14.4 Å². The van der Waals surface area contributed by atoms with Gasteiger partial charge in [-0.25, -0.2) is 9.78 Å². The number of hydrogen-bond acceptors (Lipinski definition) is 5. The molecule has 1 atom stereocenters. The van der Waals surface area contributed by atoms with E-state index < -0.39 is 11.2 Å². The third-order valence-electron chi connectivity index (χ3n) is 5.34. The van der Waals surface area contributed by atoms with Crippen molar-refractivity contribution >= 4 is 22.6 Å². The van der Waals surface area contributed by atoms with Crippen LogP contribution < -0.4 is 22.3 Å². The molecule has 0 aliphatic heterocycles. The van der Waals surface area contributed by atoms with E-state index in [2.05, 4.69) is 10.3 Å². The first-order chi connectivity index (χ1) is 13.4. The maximum atomic E-state index is 12.8. The summed E-state index contributed by atoms with van der Waals surface area (Å²) in [6, 6.07) is 7.13. The first-order valence-electron chi connectivity index (χ1n) is 9.11. The standard InChI is InChI=1S/C20H21N5O3/c1-24-17-15(19(27)25(2)20(24)28)9-12(10-22-17)18(26)23-16-5-3-4-11-8-13(21)6-7-14(11)16/h6-10,16H,3-5,21H2,1-2H3,(H,23,26). The second-order valence-corrected chi connectivity index (χ2v) is 7.18. The summed E-state index contributed by atoms with van der Waals surface area (Å²) in [4.78, 5) is 41.5. The number of aryl methyl sites for hydroxylation is 2. The summed E-state index contributed by atoms with van der Waals surface area (Å²) in [5.41, 5.74) is 8.41. The average molecular weight is 379 g/mol. The molecule has 1 amide bonds. The SMILES string of the molecule is Cn1c(=O)c2cc(C(=O)NC3CCCc4cc(N)ccc43)cnc2n(C)c1=O. The monoisotopic (exact) mass is 379 g/mol. The topological polar surface area (TPSA) is 112 Å². The van der Waals surface area contributed by atoms with Gasteiger partial charge in [0.2, 0.25) is 0 Å². The molecule has 0 saturated carbocycles. The number of hydrogen-bond donors (Lipinski definition) is 2. The minimum Gasteiger partial charge on any atom is -0.399 e. The molecule has 1 aliphatic carbocycles. The highest BCUT2D eigenvalue weighted by Gasteiger charge is 2.23. The van der Waals surface area contributed by atoms with Crippen LogP contribution in [0.1, 0.15) is 40.4 Å². The number of nitrogen functional groups attached to an aromatic ring is 1. The van der Waals surface area contributed by atoms with Crippen molar-refractivity contribution in [2.45, 2.75) is 25.3 Å². The summed E-state index contributed by atoms with van der Waals surface area (Å²) in [5, 5.41) is 3.27. The lowest BCUT2D eigenvalue weighted by Gasteiger charge is -2.26. The number of aromatic nitrogens is 3. The van der Waals surface area contributed by atoms with Crippen molar-refractivity contribution in [2.24, 2.45) is 14.1 Å². The molecular weight excluding hydrogens is 358 g/mol. The zero-order valence-electron chi connectivity index (χ0n) is 15.7. The molecule has 1 aliphatic rings. The maximum Gasteiger partial charge on any atom is 0.332 e. The predicted molar refractivity (Wildman–Crippen MR) is 106 cm³/mol. The van der Waals surface area contributed by atoms with E-state index in [0.29, 0.717) is 5.69 Å². The van der Waals surface area contributed by atoms with Gasteiger partial charge in [-0.2, -0.15) is 0 Å². The molecule has 0 fully saturated rings. The van der Waals surface area contributed by atoms with Gasteiger partial charge in [-0.1, -0.05) is 6.07 Å². The van der Waals surface area contributed by atoms with Crippen molar-refractivity contribution in [3.63, 3.8) is 0 Å². The van der Waals surface area contributed by atoms with E-state index in [1.54, 1.807) is 7.05 Å². The Kier molecular flexibility index (Phi) is 4.26. The normalized spacial score (nSPS) is 16.0. The van der Waals surface area contributed by atoms with Gasteiger partial charge >= 0.3 is 5.69 Å². The molecule has 3 N–H and O–H groups in total. The van der Waals surface area contributed by atoms with E-state index in [4.69, 9.17) is 5.73 Å². The van der Waals surface area contributed by atoms with Gasteiger partial charge in [0, 0.05) is 26.0 Å². The molecule has 2 aromatic heterocycles. The minimum atomic E-state index is -0.473. The molecule has 8 heteroatoms. The molecular formula is C20H21N5O3. The van der Waals surface area contributed by atoms with Gasteiger partial charge in [0.25, 0.3) is 11.5 Å². The van der Waals surface area contributed by atoms with Crippen LogP contribution in [-0.4, -0.2) is 20.0 Å². The molecule has 2 heterocycles. The van der Waals surface area contributed by atoms with Crippen LogP contribution in [0.2, 0.25) is 0 Å². The third kappa shape index (κ3) is 2.87.